The first kappa shape index (κ1) is 19.8. The van der Waals surface area contributed by atoms with Crippen molar-refractivity contribution in [1.29, 1.82) is 5.26 Å². The fourth-order valence-corrected chi connectivity index (χ4v) is 4.99. The second kappa shape index (κ2) is 6.77. The maximum Gasteiger partial charge on any atom is 0.434 e. The van der Waals surface area contributed by atoms with E-state index in [9.17, 15) is 18.4 Å². The van der Waals surface area contributed by atoms with Gasteiger partial charge in [-0.3, -0.25) is 4.98 Å². The number of rotatable bonds is 4. The molecule has 0 aromatic carbocycles. The number of hydrogen-bond donors (Lipinski definition) is 0. The number of anilines is 1. The van der Waals surface area contributed by atoms with Crippen LogP contribution in [0, 0.1) is 22.2 Å². The molecule has 0 atom stereocenters. The highest BCUT2D eigenvalue weighted by Gasteiger charge is 2.60. The summed E-state index contributed by atoms with van der Waals surface area (Å²) in [5.41, 5.74) is -0.0762. The van der Waals surface area contributed by atoms with Crippen molar-refractivity contribution in [2.75, 3.05) is 25.1 Å². The smallest absolute Gasteiger partial charge is 0.434 e. The van der Waals surface area contributed by atoms with Crippen LogP contribution in [0.5, 0.6) is 5.75 Å². The highest BCUT2D eigenvalue weighted by Crippen LogP contribution is 2.61. The molecule has 2 aromatic rings. The Hall–Kier alpha value is -2.53. The van der Waals surface area contributed by atoms with E-state index in [0.29, 0.717) is 25.2 Å². The molecule has 5 nitrogen and oxygen atoms in total. The molecular weight excluding hydrogens is 405 g/mol. The van der Waals surface area contributed by atoms with Crippen LogP contribution in [0.2, 0.25) is 5.02 Å². The SMILES string of the molecule is COc1ccncc1CC1(C#N)CC2(CN(c3cnc(C(F)(F)F)c(Cl)c3)C2)C1. The summed E-state index contributed by atoms with van der Waals surface area (Å²) in [7, 11) is 1.59. The van der Waals surface area contributed by atoms with Gasteiger partial charge in [-0.1, -0.05) is 11.6 Å². The molecule has 2 fully saturated rings. The van der Waals surface area contributed by atoms with Crippen LogP contribution >= 0.6 is 11.6 Å². The largest absolute Gasteiger partial charge is 0.496 e. The number of nitrogens with zero attached hydrogens (tertiary/aromatic N) is 4. The molecule has 152 valence electrons. The lowest BCUT2D eigenvalue weighted by Crippen LogP contribution is -2.66. The van der Waals surface area contributed by atoms with Gasteiger partial charge in [-0.2, -0.15) is 18.4 Å². The van der Waals surface area contributed by atoms with Gasteiger partial charge in [-0.25, -0.2) is 4.98 Å². The monoisotopic (exact) mass is 422 g/mol. The summed E-state index contributed by atoms with van der Waals surface area (Å²) in [6.07, 6.45) is 2.04. The van der Waals surface area contributed by atoms with Crippen LogP contribution in [0.25, 0.3) is 0 Å². The van der Waals surface area contributed by atoms with Gasteiger partial charge in [0.2, 0.25) is 0 Å². The molecule has 0 radical (unpaired) electrons. The molecule has 29 heavy (non-hydrogen) atoms. The molecule has 2 aromatic heterocycles. The molecule has 0 amide bonds. The van der Waals surface area contributed by atoms with Crippen molar-refractivity contribution in [3.05, 3.63) is 47.0 Å². The molecule has 0 unspecified atom stereocenters. The molecule has 1 aliphatic heterocycles. The van der Waals surface area contributed by atoms with Gasteiger partial charge < -0.3 is 9.64 Å². The van der Waals surface area contributed by atoms with Gasteiger partial charge in [0.25, 0.3) is 0 Å². The van der Waals surface area contributed by atoms with Gasteiger partial charge in [0.1, 0.15) is 5.75 Å². The van der Waals surface area contributed by atoms with Crippen LogP contribution in [-0.2, 0) is 12.6 Å². The van der Waals surface area contributed by atoms with Crippen LogP contribution < -0.4 is 9.64 Å². The lowest BCUT2D eigenvalue weighted by atomic mass is 9.48. The minimum Gasteiger partial charge on any atom is -0.496 e. The van der Waals surface area contributed by atoms with Crippen molar-refractivity contribution in [3.63, 3.8) is 0 Å². The number of alkyl halides is 3. The summed E-state index contributed by atoms with van der Waals surface area (Å²) in [4.78, 5) is 9.57. The van der Waals surface area contributed by atoms with Crippen molar-refractivity contribution in [3.8, 4) is 11.8 Å². The quantitative estimate of drug-likeness (QED) is 0.725. The van der Waals surface area contributed by atoms with E-state index >= 15 is 0 Å². The molecular formula is C20H18ClF3N4O. The van der Waals surface area contributed by atoms with Crippen molar-refractivity contribution in [1.82, 2.24) is 9.97 Å². The lowest BCUT2D eigenvalue weighted by Gasteiger charge is -2.62. The fraction of sp³-hybridized carbons (Fsp3) is 0.450. The third kappa shape index (κ3) is 3.48. The third-order valence-electron chi connectivity index (χ3n) is 5.78. The molecule has 1 saturated heterocycles. The zero-order valence-electron chi connectivity index (χ0n) is 15.6. The van der Waals surface area contributed by atoms with Gasteiger partial charge >= 0.3 is 6.18 Å². The summed E-state index contributed by atoms with van der Waals surface area (Å²) in [5.74, 6) is 0.719. The summed E-state index contributed by atoms with van der Waals surface area (Å²) in [6.45, 7) is 1.34. The lowest BCUT2D eigenvalue weighted by molar-refractivity contribution is -0.141. The zero-order valence-corrected chi connectivity index (χ0v) is 16.4. The minimum atomic E-state index is -4.57. The summed E-state index contributed by atoms with van der Waals surface area (Å²) < 4.78 is 43.8. The maximum absolute atomic E-state index is 12.8. The second-order valence-electron chi connectivity index (χ2n) is 7.99. The predicted octanol–water partition coefficient (Wildman–Crippen LogP) is 4.51. The minimum absolute atomic E-state index is 0.000346. The van der Waals surface area contributed by atoms with Gasteiger partial charge in [-0.15, -0.1) is 0 Å². The standard InChI is InChI=1S/C20H18ClF3N4O/c1-29-16-2-3-26-6-13(16)5-18(10-25)8-19(9-18)11-28(12-19)14-4-15(21)17(27-7-14)20(22,23)24/h2-4,6-7H,5,8-9,11-12H2,1H3. The summed E-state index contributed by atoms with van der Waals surface area (Å²) >= 11 is 5.77. The zero-order chi connectivity index (χ0) is 20.9. The number of aromatic nitrogens is 2. The first-order valence-corrected chi connectivity index (χ1v) is 9.43. The van der Waals surface area contributed by atoms with Gasteiger partial charge in [0.05, 0.1) is 35.5 Å². The Kier molecular flexibility index (Phi) is 4.61. The Morgan fingerprint density at radius 1 is 1.31 bits per heavy atom. The van der Waals surface area contributed by atoms with Crippen molar-refractivity contribution >= 4 is 17.3 Å². The van der Waals surface area contributed by atoms with Gasteiger partial charge in [0.15, 0.2) is 5.69 Å². The Morgan fingerprint density at radius 2 is 2.03 bits per heavy atom. The summed E-state index contributed by atoms with van der Waals surface area (Å²) in [5, 5.41) is 9.38. The molecule has 1 aliphatic carbocycles. The molecule has 0 N–H and O–H groups in total. The van der Waals surface area contributed by atoms with E-state index in [4.69, 9.17) is 16.3 Å². The van der Waals surface area contributed by atoms with Crippen molar-refractivity contribution in [2.45, 2.75) is 25.4 Å². The molecule has 4 rings (SSSR count). The van der Waals surface area contributed by atoms with Gasteiger partial charge in [0, 0.05) is 36.5 Å². The van der Waals surface area contributed by atoms with E-state index in [-0.39, 0.29) is 5.41 Å². The Labute approximate surface area is 171 Å². The average molecular weight is 423 g/mol. The maximum atomic E-state index is 12.8. The van der Waals surface area contributed by atoms with Crippen LogP contribution in [0.3, 0.4) is 0 Å². The number of ether oxygens (including phenoxy) is 1. The Morgan fingerprint density at radius 3 is 2.62 bits per heavy atom. The number of halogens is 4. The number of methoxy groups -OCH3 is 1. The highest BCUT2D eigenvalue weighted by atomic mass is 35.5. The van der Waals surface area contributed by atoms with E-state index < -0.39 is 22.3 Å². The number of hydrogen-bond acceptors (Lipinski definition) is 5. The van der Waals surface area contributed by atoms with E-state index in [1.54, 1.807) is 25.6 Å². The van der Waals surface area contributed by atoms with E-state index in [1.807, 2.05) is 4.90 Å². The average Bonchev–Trinajstić information content (AvgIpc) is 2.61. The molecule has 2 aliphatic rings. The third-order valence-corrected chi connectivity index (χ3v) is 6.07. The Bertz CT molecular complexity index is 974. The topological polar surface area (TPSA) is 62.0 Å². The van der Waals surface area contributed by atoms with Crippen LogP contribution in [-0.4, -0.2) is 30.2 Å². The fourth-order valence-electron chi connectivity index (χ4n) is 4.72. The molecule has 1 spiro atoms. The van der Waals surface area contributed by atoms with Gasteiger partial charge in [-0.05, 0) is 31.4 Å². The number of nitriles is 1. The van der Waals surface area contributed by atoms with E-state index in [1.165, 1.54) is 12.3 Å². The van der Waals surface area contributed by atoms with E-state index in [2.05, 4.69) is 16.0 Å². The van der Waals surface area contributed by atoms with Crippen LogP contribution in [0.1, 0.15) is 24.1 Å². The van der Waals surface area contributed by atoms with Crippen molar-refractivity contribution < 1.29 is 17.9 Å². The molecule has 1 saturated carbocycles. The van der Waals surface area contributed by atoms with Crippen LogP contribution in [0.15, 0.2) is 30.7 Å². The second-order valence-corrected chi connectivity index (χ2v) is 8.39. The molecule has 9 heteroatoms. The first-order valence-electron chi connectivity index (χ1n) is 9.05. The molecule has 0 bridgehead atoms. The Balaban J connectivity index is 1.42. The normalized spacial score (nSPS) is 19.2. The van der Waals surface area contributed by atoms with Crippen molar-refractivity contribution in [2.24, 2.45) is 10.8 Å². The van der Waals surface area contributed by atoms with E-state index in [0.717, 1.165) is 24.2 Å². The predicted molar refractivity (Wildman–Crippen MR) is 101 cm³/mol. The summed E-state index contributed by atoms with van der Waals surface area (Å²) in [6, 6.07) is 5.55. The highest BCUT2D eigenvalue weighted by molar-refractivity contribution is 6.31. The van der Waals surface area contributed by atoms with Crippen LogP contribution in [0.4, 0.5) is 18.9 Å². The molecule has 3 heterocycles. The number of pyridine rings is 2. The first-order chi connectivity index (χ1) is 13.7.